The van der Waals surface area contributed by atoms with Crippen molar-refractivity contribution in [3.63, 3.8) is 0 Å². The van der Waals surface area contributed by atoms with E-state index in [9.17, 15) is 4.79 Å². The first kappa shape index (κ1) is 12.9. The Hall–Kier alpha value is -1.21. The lowest BCUT2D eigenvalue weighted by Gasteiger charge is -2.04. The molecule has 0 unspecified atom stereocenters. The van der Waals surface area contributed by atoms with E-state index in [0.717, 1.165) is 37.2 Å². The first-order valence-corrected chi connectivity index (χ1v) is 6.03. The number of anilines is 1. The predicted molar refractivity (Wildman–Crippen MR) is 62.5 cm³/mol. The molecule has 0 atom stereocenters. The smallest absolute Gasteiger partial charge is 0.319 e. The van der Waals surface area contributed by atoms with Crippen molar-refractivity contribution in [3.8, 4) is 0 Å². The van der Waals surface area contributed by atoms with Crippen LogP contribution in [0.2, 0.25) is 0 Å². The lowest BCUT2D eigenvalue weighted by Crippen LogP contribution is -2.29. The SMILES string of the molecule is O=C(NCCCCCCO)Nc1cnns1. The number of nitrogens with one attached hydrogen (secondary N) is 2. The number of rotatable bonds is 7. The highest BCUT2D eigenvalue weighted by atomic mass is 32.1. The molecule has 3 N–H and O–H groups in total. The van der Waals surface area contributed by atoms with Crippen LogP contribution in [0.5, 0.6) is 0 Å². The summed E-state index contributed by atoms with van der Waals surface area (Å²) in [5.41, 5.74) is 0. The highest BCUT2D eigenvalue weighted by Crippen LogP contribution is 2.08. The normalized spacial score (nSPS) is 10.1. The van der Waals surface area contributed by atoms with Crippen LogP contribution in [0, 0.1) is 0 Å². The number of carbonyl (C=O) groups is 1. The maximum absolute atomic E-state index is 11.3. The van der Waals surface area contributed by atoms with Gasteiger partial charge in [0.05, 0.1) is 6.20 Å². The average Bonchev–Trinajstić information content (AvgIpc) is 2.76. The van der Waals surface area contributed by atoms with Crippen LogP contribution in [0.3, 0.4) is 0 Å². The van der Waals surface area contributed by atoms with Gasteiger partial charge >= 0.3 is 6.03 Å². The lowest BCUT2D eigenvalue weighted by atomic mass is 10.2. The molecule has 0 bridgehead atoms. The molecule has 0 saturated heterocycles. The standard InChI is InChI=1S/C9H16N4O2S/c14-6-4-2-1-3-5-10-9(15)12-8-7-11-13-16-8/h7,14H,1-6H2,(H2,10,12,15). The van der Waals surface area contributed by atoms with Gasteiger partial charge in [-0.2, -0.15) is 0 Å². The number of aliphatic hydroxyl groups excluding tert-OH is 1. The van der Waals surface area contributed by atoms with E-state index < -0.39 is 0 Å². The van der Waals surface area contributed by atoms with Gasteiger partial charge in [-0.3, -0.25) is 5.32 Å². The van der Waals surface area contributed by atoms with Gasteiger partial charge in [0.2, 0.25) is 0 Å². The van der Waals surface area contributed by atoms with Gasteiger partial charge in [-0.1, -0.05) is 17.3 Å². The van der Waals surface area contributed by atoms with Gasteiger partial charge < -0.3 is 10.4 Å². The van der Waals surface area contributed by atoms with Crippen LogP contribution in [0.1, 0.15) is 25.7 Å². The van der Waals surface area contributed by atoms with E-state index in [1.165, 1.54) is 6.20 Å². The summed E-state index contributed by atoms with van der Waals surface area (Å²) in [5, 5.41) is 18.2. The molecule has 0 saturated carbocycles. The molecule has 7 heteroatoms. The molecule has 0 radical (unpaired) electrons. The Morgan fingerprint density at radius 3 is 2.88 bits per heavy atom. The van der Waals surface area contributed by atoms with Crippen molar-refractivity contribution in [1.29, 1.82) is 0 Å². The summed E-state index contributed by atoms with van der Waals surface area (Å²) in [6, 6.07) is -0.229. The molecule has 0 spiro atoms. The van der Waals surface area contributed by atoms with Crippen LogP contribution in [0.15, 0.2) is 6.20 Å². The molecule has 1 aromatic rings. The molecule has 6 nitrogen and oxygen atoms in total. The quantitative estimate of drug-likeness (QED) is 0.629. The maximum atomic E-state index is 11.3. The number of amides is 2. The molecule has 0 aliphatic heterocycles. The molecule has 1 rings (SSSR count). The molecule has 0 aliphatic carbocycles. The van der Waals surface area contributed by atoms with E-state index in [-0.39, 0.29) is 12.6 Å². The first-order chi connectivity index (χ1) is 7.83. The van der Waals surface area contributed by atoms with Gasteiger partial charge in [0.25, 0.3) is 0 Å². The topological polar surface area (TPSA) is 87.1 Å². The highest BCUT2D eigenvalue weighted by Gasteiger charge is 2.01. The highest BCUT2D eigenvalue weighted by molar-refractivity contribution is 7.10. The van der Waals surface area contributed by atoms with Gasteiger partial charge in [-0.05, 0) is 12.8 Å². The molecular weight excluding hydrogens is 228 g/mol. The summed E-state index contributed by atoms with van der Waals surface area (Å²) in [7, 11) is 0. The van der Waals surface area contributed by atoms with Crippen molar-refractivity contribution < 1.29 is 9.90 Å². The van der Waals surface area contributed by atoms with Crippen molar-refractivity contribution >= 4 is 22.6 Å². The van der Waals surface area contributed by atoms with Crippen molar-refractivity contribution in [2.24, 2.45) is 0 Å². The second-order valence-corrected chi connectivity index (χ2v) is 4.09. The van der Waals surface area contributed by atoms with E-state index in [1.54, 1.807) is 0 Å². The fraction of sp³-hybridized carbons (Fsp3) is 0.667. The zero-order chi connectivity index (χ0) is 11.6. The average molecular weight is 244 g/mol. The summed E-state index contributed by atoms with van der Waals surface area (Å²) in [4.78, 5) is 11.3. The molecule has 1 heterocycles. The number of aliphatic hydroxyl groups is 1. The minimum absolute atomic E-state index is 0.229. The van der Waals surface area contributed by atoms with Crippen LogP contribution in [-0.4, -0.2) is 33.9 Å². The third-order valence-corrected chi connectivity index (χ3v) is 2.55. The minimum atomic E-state index is -0.229. The number of urea groups is 1. The van der Waals surface area contributed by atoms with Crippen molar-refractivity contribution in [3.05, 3.63) is 6.20 Å². The number of carbonyl (C=O) groups excluding carboxylic acids is 1. The van der Waals surface area contributed by atoms with Gasteiger partial charge in [-0.15, -0.1) is 5.10 Å². The second-order valence-electron chi connectivity index (χ2n) is 3.30. The number of hydrogen-bond acceptors (Lipinski definition) is 5. The van der Waals surface area contributed by atoms with E-state index in [1.807, 2.05) is 0 Å². The molecule has 0 fully saturated rings. The molecule has 2 amide bonds. The number of nitrogens with zero attached hydrogens (tertiary/aromatic N) is 2. The van der Waals surface area contributed by atoms with Crippen LogP contribution < -0.4 is 10.6 Å². The zero-order valence-electron chi connectivity index (χ0n) is 8.98. The maximum Gasteiger partial charge on any atom is 0.319 e. The van der Waals surface area contributed by atoms with Crippen LogP contribution in [0.25, 0.3) is 0 Å². The fourth-order valence-corrected chi connectivity index (χ4v) is 1.59. The Morgan fingerprint density at radius 1 is 1.38 bits per heavy atom. The van der Waals surface area contributed by atoms with E-state index in [0.29, 0.717) is 11.5 Å². The summed E-state index contributed by atoms with van der Waals surface area (Å²) < 4.78 is 3.63. The summed E-state index contributed by atoms with van der Waals surface area (Å²) in [6.07, 6.45) is 5.28. The van der Waals surface area contributed by atoms with E-state index in [2.05, 4.69) is 20.2 Å². The van der Waals surface area contributed by atoms with Crippen molar-refractivity contribution in [2.45, 2.75) is 25.7 Å². The molecule has 16 heavy (non-hydrogen) atoms. The Labute approximate surface area is 98.2 Å². The lowest BCUT2D eigenvalue weighted by molar-refractivity contribution is 0.251. The third kappa shape index (κ3) is 5.62. The number of unbranched alkanes of at least 4 members (excludes halogenated alkanes) is 3. The molecule has 0 aliphatic rings. The first-order valence-electron chi connectivity index (χ1n) is 5.26. The van der Waals surface area contributed by atoms with Gasteiger partial charge in [-0.25, -0.2) is 4.79 Å². The predicted octanol–water partition coefficient (Wildman–Crippen LogP) is 1.21. The van der Waals surface area contributed by atoms with Gasteiger partial charge in [0.1, 0.15) is 5.00 Å². The monoisotopic (exact) mass is 244 g/mol. The Morgan fingerprint density at radius 2 is 2.19 bits per heavy atom. The fourth-order valence-electron chi connectivity index (χ4n) is 1.17. The molecular formula is C9H16N4O2S. The van der Waals surface area contributed by atoms with E-state index in [4.69, 9.17) is 5.11 Å². The summed E-state index contributed by atoms with van der Waals surface area (Å²) in [5.74, 6) is 0. The molecule has 0 aromatic carbocycles. The summed E-state index contributed by atoms with van der Waals surface area (Å²) in [6.45, 7) is 0.885. The largest absolute Gasteiger partial charge is 0.396 e. The minimum Gasteiger partial charge on any atom is -0.396 e. The van der Waals surface area contributed by atoms with Gasteiger partial charge in [0, 0.05) is 24.7 Å². The van der Waals surface area contributed by atoms with Gasteiger partial charge in [0.15, 0.2) is 0 Å². The van der Waals surface area contributed by atoms with Crippen molar-refractivity contribution in [1.82, 2.24) is 14.9 Å². The molecule has 1 aromatic heterocycles. The number of aromatic nitrogens is 2. The van der Waals surface area contributed by atoms with Crippen LogP contribution in [-0.2, 0) is 0 Å². The Bertz CT molecular complexity index is 292. The number of hydrogen-bond donors (Lipinski definition) is 3. The Balaban J connectivity index is 1.98. The van der Waals surface area contributed by atoms with Crippen LogP contribution in [0.4, 0.5) is 9.80 Å². The third-order valence-electron chi connectivity index (χ3n) is 1.97. The molecule has 90 valence electrons. The van der Waals surface area contributed by atoms with E-state index >= 15 is 0 Å². The summed E-state index contributed by atoms with van der Waals surface area (Å²) >= 11 is 1.14. The van der Waals surface area contributed by atoms with Crippen LogP contribution >= 0.6 is 11.5 Å². The second kappa shape index (κ2) is 8.00. The van der Waals surface area contributed by atoms with Crippen molar-refractivity contribution in [2.75, 3.05) is 18.5 Å². The zero-order valence-corrected chi connectivity index (χ0v) is 9.79. The Kier molecular flexibility index (Phi) is 6.43.